The van der Waals surface area contributed by atoms with E-state index in [4.69, 9.17) is 4.74 Å². The van der Waals surface area contributed by atoms with Gasteiger partial charge in [-0.3, -0.25) is 9.69 Å². The van der Waals surface area contributed by atoms with Gasteiger partial charge in [-0.05, 0) is 55.3 Å². The average molecular weight is 380 g/mol. The number of allylic oxidation sites excluding steroid dienone is 1. The van der Waals surface area contributed by atoms with Crippen molar-refractivity contribution in [2.24, 2.45) is 0 Å². The first kappa shape index (κ1) is 20.2. The molecule has 2 aromatic carbocycles. The monoisotopic (exact) mass is 379 g/mol. The van der Waals surface area contributed by atoms with Crippen molar-refractivity contribution in [3.8, 4) is 11.5 Å². The maximum Gasteiger partial charge on any atom is 0.189 e. The maximum absolute atomic E-state index is 12.7. The molecule has 0 radical (unpaired) electrons. The number of phenols is 1. The number of nitrogens with zero attached hydrogens (tertiary/aromatic N) is 1. The number of rotatable bonds is 8. The van der Waals surface area contributed by atoms with E-state index in [2.05, 4.69) is 18.7 Å². The molecule has 0 aromatic heterocycles. The van der Waals surface area contributed by atoms with Crippen LogP contribution in [0.25, 0.3) is 6.08 Å². The number of benzene rings is 2. The van der Waals surface area contributed by atoms with Gasteiger partial charge in [0.2, 0.25) is 0 Å². The standard InChI is InChI=1S/C24H29NO3/c1-4-10-25(11-5-2)16-20-13-17(14-22(28-3)24(20)27)12-19-15-18-8-6-7-9-21(18)23(19)26/h6-9,12-14,27H,4-5,10-11,15-16H2,1-3H3. The van der Waals surface area contributed by atoms with E-state index in [0.717, 1.165) is 53.8 Å². The number of aromatic hydroxyl groups is 1. The number of fused-ring (bicyclic) bond motifs is 1. The zero-order valence-electron chi connectivity index (χ0n) is 17.0. The van der Waals surface area contributed by atoms with E-state index >= 15 is 0 Å². The lowest BCUT2D eigenvalue weighted by Gasteiger charge is -2.22. The Morgan fingerprint density at radius 3 is 2.50 bits per heavy atom. The number of phenolic OH excluding ortho intramolecular Hbond substituents is 1. The minimum Gasteiger partial charge on any atom is -0.504 e. The zero-order chi connectivity index (χ0) is 20.1. The first-order valence-corrected chi connectivity index (χ1v) is 10.0. The molecule has 0 unspecified atom stereocenters. The molecule has 0 saturated heterocycles. The normalized spacial score (nSPS) is 14.7. The Kier molecular flexibility index (Phi) is 6.53. The lowest BCUT2D eigenvalue weighted by Crippen LogP contribution is -2.25. The van der Waals surface area contributed by atoms with Gasteiger partial charge >= 0.3 is 0 Å². The number of carbonyl (C=O) groups is 1. The van der Waals surface area contributed by atoms with Crippen molar-refractivity contribution in [3.05, 3.63) is 64.2 Å². The molecule has 28 heavy (non-hydrogen) atoms. The van der Waals surface area contributed by atoms with Crippen LogP contribution in [0.5, 0.6) is 11.5 Å². The maximum atomic E-state index is 12.7. The number of methoxy groups -OCH3 is 1. The minimum atomic E-state index is 0.0859. The van der Waals surface area contributed by atoms with Crippen molar-refractivity contribution < 1.29 is 14.6 Å². The van der Waals surface area contributed by atoms with Crippen LogP contribution in [0.1, 0.15) is 53.7 Å². The van der Waals surface area contributed by atoms with E-state index in [9.17, 15) is 9.90 Å². The summed E-state index contributed by atoms with van der Waals surface area (Å²) in [4.78, 5) is 15.0. The predicted octanol–water partition coefficient (Wildman–Crippen LogP) is 4.85. The molecule has 0 aliphatic heterocycles. The molecule has 0 amide bonds. The number of Topliss-reactive ketones (excluding diaryl/α,β-unsaturated/α-hetero) is 1. The molecular weight excluding hydrogens is 350 g/mol. The van der Waals surface area contributed by atoms with Crippen molar-refractivity contribution in [1.29, 1.82) is 0 Å². The molecule has 0 atom stereocenters. The molecule has 1 N–H and O–H groups in total. The largest absolute Gasteiger partial charge is 0.504 e. The molecule has 0 fully saturated rings. The van der Waals surface area contributed by atoms with Crippen LogP contribution in [0.15, 0.2) is 42.0 Å². The average Bonchev–Trinajstić information content (AvgIpc) is 3.00. The van der Waals surface area contributed by atoms with E-state index in [1.54, 1.807) is 13.2 Å². The SMILES string of the molecule is CCCN(CCC)Cc1cc(C=C2Cc3ccccc3C2=O)cc(OC)c1O. The molecule has 0 heterocycles. The summed E-state index contributed by atoms with van der Waals surface area (Å²) < 4.78 is 5.40. The Balaban J connectivity index is 1.93. The highest BCUT2D eigenvalue weighted by Crippen LogP contribution is 2.34. The number of hydrogen-bond acceptors (Lipinski definition) is 4. The van der Waals surface area contributed by atoms with Crippen molar-refractivity contribution in [2.45, 2.75) is 39.7 Å². The fourth-order valence-corrected chi connectivity index (χ4v) is 3.86. The quantitative estimate of drug-likeness (QED) is 0.667. The fourth-order valence-electron chi connectivity index (χ4n) is 3.86. The number of ketones is 1. The molecule has 4 nitrogen and oxygen atoms in total. The Morgan fingerprint density at radius 1 is 1.14 bits per heavy atom. The van der Waals surface area contributed by atoms with Crippen LogP contribution in [0.2, 0.25) is 0 Å². The molecule has 2 aromatic rings. The highest BCUT2D eigenvalue weighted by molar-refractivity contribution is 6.15. The third-order valence-electron chi connectivity index (χ3n) is 5.15. The number of carbonyl (C=O) groups excluding carboxylic acids is 1. The van der Waals surface area contributed by atoms with Crippen molar-refractivity contribution in [3.63, 3.8) is 0 Å². The van der Waals surface area contributed by atoms with Gasteiger partial charge in [-0.25, -0.2) is 0 Å². The Morgan fingerprint density at radius 2 is 1.86 bits per heavy atom. The van der Waals surface area contributed by atoms with Gasteiger partial charge in [0, 0.05) is 29.7 Å². The molecule has 1 aliphatic rings. The first-order chi connectivity index (χ1) is 13.6. The van der Waals surface area contributed by atoms with E-state index in [1.165, 1.54) is 0 Å². The lowest BCUT2D eigenvalue weighted by molar-refractivity contribution is 0.104. The van der Waals surface area contributed by atoms with Crippen molar-refractivity contribution in [2.75, 3.05) is 20.2 Å². The van der Waals surface area contributed by atoms with Crippen LogP contribution in [0, 0.1) is 0 Å². The van der Waals surface area contributed by atoms with Gasteiger partial charge in [0.05, 0.1) is 7.11 Å². The molecule has 0 bridgehead atoms. The van der Waals surface area contributed by atoms with Gasteiger partial charge in [-0.2, -0.15) is 0 Å². The second-order valence-corrected chi connectivity index (χ2v) is 7.34. The van der Waals surface area contributed by atoms with E-state index < -0.39 is 0 Å². The summed E-state index contributed by atoms with van der Waals surface area (Å²) >= 11 is 0. The van der Waals surface area contributed by atoms with Crippen LogP contribution in [0.3, 0.4) is 0 Å². The molecule has 4 heteroatoms. The first-order valence-electron chi connectivity index (χ1n) is 10.0. The summed E-state index contributed by atoms with van der Waals surface area (Å²) in [5.74, 6) is 0.714. The zero-order valence-corrected chi connectivity index (χ0v) is 17.0. The molecule has 0 spiro atoms. The highest BCUT2D eigenvalue weighted by atomic mass is 16.5. The van der Waals surface area contributed by atoms with E-state index in [-0.39, 0.29) is 11.5 Å². The van der Waals surface area contributed by atoms with Gasteiger partial charge in [0.1, 0.15) is 0 Å². The third-order valence-corrected chi connectivity index (χ3v) is 5.15. The Bertz CT molecular complexity index is 879. The van der Waals surface area contributed by atoms with E-state index in [1.807, 2.05) is 36.4 Å². The van der Waals surface area contributed by atoms with Crippen molar-refractivity contribution in [1.82, 2.24) is 4.90 Å². The summed E-state index contributed by atoms with van der Waals surface area (Å²) in [6.07, 6.45) is 4.70. The molecule has 148 valence electrons. The Labute approximate surface area is 167 Å². The Hall–Kier alpha value is -2.59. The van der Waals surface area contributed by atoms with Crippen molar-refractivity contribution >= 4 is 11.9 Å². The summed E-state index contributed by atoms with van der Waals surface area (Å²) in [5.41, 5.74) is 4.35. The van der Waals surface area contributed by atoms with Crippen LogP contribution >= 0.6 is 0 Å². The van der Waals surface area contributed by atoms with Crippen LogP contribution < -0.4 is 4.74 Å². The summed E-state index contributed by atoms with van der Waals surface area (Å²) in [7, 11) is 1.56. The van der Waals surface area contributed by atoms with Crippen LogP contribution in [-0.2, 0) is 13.0 Å². The smallest absolute Gasteiger partial charge is 0.189 e. The second kappa shape index (κ2) is 9.07. The van der Waals surface area contributed by atoms with Gasteiger partial charge in [-0.15, -0.1) is 0 Å². The fraction of sp³-hybridized carbons (Fsp3) is 0.375. The summed E-state index contributed by atoms with van der Waals surface area (Å²) in [5, 5.41) is 10.6. The molecule has 0 saturated carbocycles. The predicted molar refractivity (Wildman–Crippen MR) is 113 cm³/mol. The third kappa shape index (κ3) is 4.28. The number of hydrogen-bond donors (Lipinski definition) is 1. The van der Waals surface area contributed by atoms with Gasteiger partial charge in [0.15, 0.2) is 17.3 Å². The van der Waals surface area contributed by atoms with Gasteiger partial charge < -0.3 is 9.84 Å². The lowest BCUT2D eigenvalue weighted by atomic mass is 10.0. The topological polar surface area (TPSA) is 49.8 Å². The highest BCUT2D eigenvalue weighted by Gasteiger charge is 2.24. The van der Waals surface area contributed by atoms with Crippen LogP contribution in [-0.4, -0.2) is 36.0 Å². The number of ether oxygens (including phenoxy) is 1. The molecular formula is C24H29NO3. The van der Waals surface area contributed by atoms with E-state index in [0.29, 0.717) is 18.7 Å². The van der Waals surface area contributed by atoms with Gasteiger partial charge in [0.25, 0.3) is 0 Å². The van der Waals surface area contributed by atoms with Gasteiger partial charge in [-0.1, -0.05) is 38.1 Å². The molecule has 1 aliphatic carbocycles. The summed E-state index contributed by atoms with van der Waals surface area (Å²) in [6, 6.07) is 11.5. The summed E-state index contributed by atoms with van der Waals surface area (Å²) in [6.45, 7) is 6.94. The molecule has 3 rings (SSSR count). The minimum absolute atomic E-state index is 0.0859. The second-order valence-electron chi connectivity index (χ2n) is 7.34. The van der Waals surface area contributed by atoms with Crippen LogP contribution in [0.4, 0.5) is 0 Å².